The van der Waals surface area contributed by atoms with Crippen LogP contribution in [-0.2, 0) is 19.6 Å². The van der Waals surface area contributed by atoms with E-state index in [1.165, 1.54) is 28.6 Å². The number of ether oxygens (including phenoxy) is 2. The first kappa shape index (κ1) is 23.0. The fourth-order valence-electron chi connectivity index (χ4n) is 4.42. The van der Waals surface area contributed by atoms with Gasteiger partial charge in [0.2, 0.25) is 0 Å². The number of rotatable bonds is 6. The summed E-state index contributed by atoms with van der Waals surface area (Å²) in [5, 5.41) is 7.54. The number of methoxy groups -OCH3 is 1. The van der Waals surface area contributed by atoms with Crippen molar-refractivity contribution in [3.63, 3.8) is 0 Å². The van der Waals surface area contributed by atoms with Crippen LogP contribution in [0.4, 0.5) is 9.39 Å². The van der Waals surface area contributed by atoms with E-state index in [1.807, 2.05) is 18.2 Å². The Balaban J connectivity index is 1.37. The summed E-state index contributed by atoms with van der Waals surface area (Å²) in [6.07, 6.45) is 0.527. The van der Waals surface area contributed by atoms with E-state index < -0.39 is 5.82 Å². The van der Waals surface area contributed by atoms with Crippen LogP contribution in [0.5, 0.6) is 11.5 Å². The van der Waals surface area contributed by atoms with Crippen molar-refractivity contribution in [2.24, 2.45) is 0 Å². The predicted molar refractivity (Wildman–Crippen MR) is 132 cm³/mol. The molecule has 0 unspecified atom stereocenters. The van der Waals surface area contributed by atoms with Gasteiger partial charge in [-0.1, -0.05) is 24.6 Å². The molecular weight excluding hydrogens is 477 g/mol. The van der Waals surface area contributed by atoms with E-state index in [1.54, 1.807) is 18.4 Å². The lowest BCUT2D eigenvalue weighted by atomic mass is 10.00. The van der Waals surface area contributed by atoms with E-state index in [0.29, 0.717) is 11.5 Å². The first-order valence-corrected chi connectivity index (χ1v) is 12.3. The number of nitrogens with zero attached hydrogens (tertiary/aromatic N) is 1. The van der Waals surface area contributed by atoms with Crippen LogP contribution in [0.1, 0.15) is 45.0 Å². The molecule has 0 spiro atoms. The predicted octanol–water partition coefficient (Wildman–Crippen LogP) is 5.36. The van der Waals surface area contributed by atoms with E-state index in [9.17, 15) is 9.18 Å². The lowest BCUT2D eigenvalue weighted by Crippen LogP contribution is -2.39. The maximum absolute atomic E-state index is 13.4. The van der Waals surface area contributed by atoms with Crippen molar-refractivity contribution in [1.29, 1.82) is 0 Å². The zero-order valence-electron chi connectivity index (χ0n) is 18.9. The van der Waals surface area contributed by atoms with Gasteiger partial charge in [-0.2, -0.15) is 0 Å². The Morgan fingerprint density at radius 3 is 2.85 bits per heavy atom. The van der Waals surface area contributed by atoms with Crippen LogP contribution < -0.4 is 20.1 Å². The minimum absolute atomic E-state index is 0.00356. The number of fused-ring (bicyclic) bond motifs is 3. The highest BCUT2D eigenvalue weighted by atomic mass is 35.5. The number of likely N-dealkylation sites (N-methyl/N-ethyl adjacent to an activating group) is 1. The van der Waals surface area contributed by atoms with Gasteiger partial charge in [0, 0.05) is 29.6 Å². The molecule has 1 atom stereocenters. The summed E-state index contributed by atoms with van der Waals surface area (Å²) in [5.41, 5.74) is 3.65. The van der Waals surface area contributed by atoms with Crippen molar-refractivity contribution in [3.8, 4) is 11.5 Å². The van der Waals surface area contributed by atoms with Crippen molar-refractivity contribution < 1.29 is 18.7 Å². The Hall–Kier alpha value is -2.81. The fourth-order valence-corrected chi connectivity index (χ4v) is 5.91. The van der Waals surface area contributed by atoms with Gasteiger partial charge in [0.15, 0.2) is 0 Å². The number of amides is 1. The van der Waals surface area contributed by atoms with E-state index in [-0.39, 0.29) is 23.7 Å². The molecule has 178 valence electrons. The molecule has 0 aliphatic carbocycles. The SMILES string of the molecule is CCN1CCc2c(sc3c2C(=O)N[C@H](c2ccc(OC)c(COc4ccc(F)c(Cl)c4)c2)N3)C1. The van der Waals surface area contributed by atoms with E-state index in [2.05, 4.69) is 22.5 Å². The highest BCUT2D eigenvalue weighted by molar-refractivity contribution is 7.16. The minimum Gasteiger partial charge on any atom is -0.496 e. The van der Waals surface area contributed by atoms with Crippen LogP contribution >= 0.6 is 22.9 Å². The molecular formula is C25H25ClFN3O3S. The second-order valence-corrected chi connectivity index (χ2v) is 9.83. The standard InChI is InChI=1S/C25H25ClFN3O3S/c1-3-30-9-8-17-21(12-30)34-25-22(17)24(31)28-23(29-25)14-4-7-20(32-2)15(10-14)13-33-16-5-6-19(27)18(26)11-16/h4-7,10-11,23,29H,3,8-9,12-13H2,1-2H3,(H,28,31)/t23-/m0/s1. The summed E-state index contributed by atoms with van der Waals surface area (Å²) in [6.45, 7) is 5.23. The first-order valence-electron chi connectivity index (χ1n) is 11.2. The third-order valence-electron chi connectivity index (χ3n) is 6.28. The second-order valence-electron chi connectivity index (χ2n) is 8.31. The number of hydrogen-bond donors (Lipinski definition) is 2. The maximum Gasteiger partial charge on any atom is 0.256 e. The van der Waals surface area contributed by atoms with E-state index >= 15 is 0 Å². The van der Waals surface area contributed by atoms with Gasteiger partial charge in [-0.05, 0) is 48.4 Å². The van der Waals surface area contributed by atoms with Crippen molar-refractivity contribution >= 4 is 33.8 Å². The Kier molecular flexibility index (Phi) is 6.38. The molecule has 0 bridgehead atoms. The molecule has 1 aromatic heterocycles. The van der Waals surface area contributed by atoms with Crippen LogP contribution in [0.25, 0.3) is 0 Å². The zero-order chi connectivity index (χ0) is 23.8. The molecule has 2 aliphatic rings. The number of carbonyl (C=O) groups is 1. The number of benzene rings is 2. The van der Waals surface area contributed by atoms with Crippen LogP contribution in [0.2, 0.25) is 5.02 Å². The zero-order valence-corrected chi connectivity index (χ0v) is 20.5. The molecule has 5 rings (SSSR count). The number of halogens is 2. The molecule has 9 heteroatoms. The molecule has 34 heavy (non-hydrogen) atoms. The van der Waals surface area contributed by atoms with Crippen LogP contribution in [0.3, 0.4) is 0 Å². The number of hydrogen-bond acceptors (Lipinski definition) is 6. The molecule has 2 N–H and O–H groups in total. The van der Waals surface area contributed by atoms with Crippen LogP contribution in [0, 0.1) is 5.82 Å². The van der Waals surface area contributed by atoms with Crippen molar-refractivity contribution in [1.82, 2.24) is 10.2 Å². The summed E-state index contributed by atoms with van der Waals surface area (Å²) in [7, 11) is 1.59. The molecule has 0 radical (unpaired) electrons. The van der Waals surface area contributed by atoms with Gasteiger partial charge in [-0.25, -0.2) is 4.39 Å². The van der Waals surface area contributed by atoms with Gasteiger partial charge in [0.05, 0.1) is 17.7 Å². The van der Waals surface area contributed by atoms with Crippen LogP contribution in [-0.4, -0.2) is 31.0 Å². The molecule has 2 aromatic carbocycles. The molecule has 6 nitrogen and oxygen atoms in total. The third kappa shape index (κ3) is 4.33. The largest absolute Gasteiger partial charge is 0.496 e. The van der Waals surface area contributed by atoms with Gasteiger partial charge in [0.1, 0.15) is 35.1 Å². The monoisotopic (exact) mass is 501 g/mol. The Morgan fingerprint density at radius 1 is 1.24 bits per heavy atom. The van der Waals surface area contributed by atoms with Crippen molar-refractivity contribution in [2.75, 3.05) is 25.5 Å². The van der Waals surface area contributed by atoms with Crippen molar-refractivity contribution in [2.45, 2.75) is 32.7 Å². The third-order valence-corrected chi connectivity index (χ3v) is 7.72. The van der Waals surface area contributed by atoms with E-state index in [0.717, 1.165) is 47.7 Å². The maximum atomic E-state index is 13.4. The summed E-state index contributed by atoms with van der Waals surface area (Å²) in [5.74, 6) is 0.574. The second kappa shape index (κ2) is 9.44. The molecule has 2 aliphatic heterocycles. The lowest BCUT2D eigenvalue weighted by molar-refractivity contribution is 0.0934. The minimum atomic E-state index is -0.496. The average Bonchev–Trinajstić information content (AvgIpc) is 3.22. The molecule has 1 amide bonds. The quantitative estimate of drug-likeness (QED) is 0.476. The first-order chi connectivity index (χ1) is 16.5. The average molecular weight is 502 g/mol. The fraction of sp³-hybridized carbons (Fsp3) is 0.320. The van der Waals surface area contributed by atoms with Crippen molar-refractivity contribution in [3.05, 3.63) is 74.4 Å². The van der Waals surface area contributed by atoms with E-state index in [4.69, 9.17) is 21.1 Å². The summed E-state index contributed by atoms with van der Waals surface area (Å²) >= 11 is 7.53. The molecule has 3 heterocycles. The summed E-state index contributed by atoms with van der Waals surface area (Å²) < 4.78 is 24.8. The Labute approximate surface area is 206 Å². The number of nitrogens with one attached hydrogen (secondary N) is 2. The van der Waals surface area contributed by atoms with Crippen LogP contribution in [0.15, 0.2) is 36.4 Å². The molecule has 0 saturated heterocycles. The molecule has 3 aromatic rings. The number of anilines is 1. The van der Waals surface area contributed by atoms with Gasteiger partial charge in [-0.15, -0.1) is 11.3 Å². The lowest BCUT2D eigenvalue weighted by Gasteiger charge is -2.28. The number of carbonyl (C=O) groups excluding carboxylic acids is 1. The van der Waals surface area contributed by atoms with Gasteiger partial charge >= 0.3 is 0 Å². The normalized spacial score (nSPS) is 17.4. The highest BCUT2D eigenvalue weighted by Crippen LogP contribution is 2.41. The smallest absolute Gasteiger partial charge is 0.256 e. The Bertz CT molecular complexity index is 1250. The van der Waals surface area contributed by atoms with Gasteiger partial charge in [-0.3, -0.25) is 9.69 Å². The topological polar surface area (TPSA) is 62.8 Å². The Morgan fingerprint density at radius 2 is 2.09 bits per heavy atom. The molecule has 0 fully saturated rings. The molecule has 0 saturated carbocycles. The summed E-state index contributed by atoms with van der Waals surface area (Å²) in [4.78, 5) is 16.7. The van der Waals surface area contributed by atoms with Gasteiger partial charge in [0.25, 0.3) is 5.91 Å². The summed E-state index contributed by atoms with van der Waals surface area (Å²) in [6, 6.07) is 9.96. The number of thiophene rings is 1. The highest BCUT2D eigenvalue weighted by Gasteiger charge is 2.33. The van der Waals surface area contributed by atoms with Gasteiger partial charge < -0.3 is 20.1 Å².